The van der Waals surface area contributed by atoms with Gasteiger partial charge in [0.25, 0.3) is 15.9 Å². The van der Waals surface area contributed by atoms with E-state index in [0.717, 1.165) is 36.9 Å². The number of amides is 1. The molecule has 0 radical (unpaired) electrons. The minimum atomic E-state index is -4.34. The number of allylic oxidation sites excluding steroid dienone is 1. The largest absolute Gasteiger partial charge is 0.511 e. The molecule has 1 aromatic carbocycles. The number of nitrogens with one attached hydrogen (secondary N) is 2. The summed E-state index contributed by atoms with van der Waals surface area (Å²) in [6.07, 6.45) is 7.73. The summed E-state index contributed by atoms with van der Waals surface area (Å²) in [4.78, 5) is 15.6. The summed E-state index contributed by atoms with van der Waals surface area (Å²) in [6.45, 7) is -0.0897. The number of hydrogen-bond donors (Lipinski definition) is 3. The van der Waals surface area contributed by atoms with Crippen LogP contribution in [0.3, 0.4) is 0 Å². The van der Waals surface area contributed by atoms with Crippen LogP contribution in [0.25, 0.3) is 0 Å². The summed E-state index contributed by atoms with van der Waals surface area (Å²) in [5.74, 6) is -1.91. The maximum absolute atomic E-state index is 14.1. The Hall–Kier alpha value is -3.07. The van der Waals surface area contributed by atoms with Gasteiger partial charge in [0, 0.05) is 30.6 Å². The van der Waals surface area contributed by atoms with Crippen LogP contribution in [-0.4, -0.2) is 50.9 Å². The summed E-state index contributed by atoms with van der Waals surface area (Å²) < 4.78 is 69.6. The zero-order valence-electron chi connectivity index (χ0n) is 21.4. The molecule has 40 heavy (non-hydrogen) atoms. The summed E-state index contributed by atoms with van der Waals surface area (Å²) in [6, 6.07) is 5.51. The molecule has 4 atom stereocenters. The van der Waals surface area contributed by atoms with E-state index in [4.69, 9.17) is 0 Å². The molecule has 3 N–H and O–H groups in total. The quantitative estimate of drug-likeness (QED) is 0.428. The Balaban J connectivity index is 1.42. The Morgan fingerprint density at radius 2 is 1.90 bits per heavy atom. The van der Waals surface area contributed by atoms with Crippen LogP contribution >= 0.6 is 11.3 Å². The Bertz CT molecular complexity index is 1700. The van der Waals surface area contributed by atoms with Gasteiger partial charge in [-0.2, -0.15) is 8.42 Å². The third-order valence-corrected chi connectivity index (χ3v) is 11.0. The number of rotatable bonds is 6. The molecule has 3 aliphatic carbocycles. The molecule has 3 heterocycles. The molecule has 1 fully saturated rings. The van der Waals surface area contributed by atoms with Gasteiger partial charge in [-0.15, -0.1) is 15.7 Å². The SMILES string of the molecule is CS(=O)(=O)NCc1csc2c1S(=O)(=O)N=C(C1=C(O)C3C4C=CC(CCC4)C3N(Cc3ccc(F)cc3)C1=O)N2. The molecular weight excluding hydrogens is 580 g/mol. The zero-order chi connectivity index (χ0) is 28.4. The number of benzene rings is 1. The molecule has 1 saturated carbocycles. The predicted octanol–water partition coefficient (Wildman–Crippen LogP) is 3.27. The molecule has 14 heteroatoms. The van der Waals surface area contributed by atoms with E-state index in [9.17, 15) is 31.1 Å². The van der Waals surface area contributed by atoms with Crippen LogP contribution in [0, 0.1) is 23.6 Å². The molecule has 5 aliphatic rings. The number of aliphatic hydroxyl groups is 1. The van der Waals surface area contributed by atoms with Crippen LogP contribution in [0.5, 0.6) is 0 Å². The molecule has 212 valence electrons. The number of anilines is 1. The van der Waals surface area contributed by atoms with Crippen molar-refractivity contribution in [2.24, 2.45) is 22.2 Å². The van der Waals surface area contributed by atoms with Crippen molar-refractivity contribution in [3.63, 3.8) is 0 Å². The van der Waals surface area contributed by atoms with Crippen molar-refractivity contribution in [1.82, 2.24) is 9.62 Å². The number of hydrogen-bond acceptors (Lipinski definition) is 8. The Kier molecular flexibility index (Phi) is 6.63. The third-order valence-electron chi connectivity index (χ3n) is 7.90. The third kappa shape index (κ3) is 4.76. The van der Waals surface area contributed by atoms with Crippen LogP contribution in [0.1, 0.15) is 30.4 Å². The molecule has 1 amide bonds. The topological polar surface area (TPSA) is 145 Å². The number of halogens is 1. The van der Waals surface area contributed by atoms with E-state index in [2.05, 4.69) is 26.6 Å². The van der Waals surface area contributed by atoms with E-state index in [1.54, 1.807) is 17.0 Å². The highest BCUT2D eigenvalue weighted by molar-refractivity contribution is 7.91. The normalized spacial score (nSPS) is 27.1. The second-order valence-corrected chi connectivity index (χ2v) is 14.8. The van der Waals surface area contributed by atoms with Crippen molar-refractivity contribution in [2.45, 2.75) is 43.3 Å². The lowest BCUT2D eigenvalue weighted by Crippen LogP contribution is -2.56. The van der Waals surface area contributed by atoms with E-state index in [-0.39, 0.29) is 63.6 Å². The Labute approximate surface area is 235 Å². The highest BCUT2D eigenvalue weighted by atomic mass is 32.2. The maximum atomic E-state index is 14.1. The van der Waals surface area contributed by atoms with Gasteiger partial charge < -0.3 is 15.3 Å². The first-order valence-electron chi connectivity index (χ1n) is 12.8. The minimum absolute atomic E-state index is 0.00985. The van der Waals surface area contributed by atoms with Gasteiger partial charge in [0.2, 0.25) is 10.0 Å². The summed E-state index contributed by atoms with van der Waals surface area (Å²) in [5, 5.41) is 16.2. The molecule has 7 rings (SSSR count). The first-order valence-corrected chi connectivity index (χ1v) is 17.0. The van der Waals surface area contributed by atoms with Gasteiger partial charge in [-0.3, -0.25) is 4.79 Å². The molecule has 0 saturated heterocycles. The number of carbonyl (C=O) groups excluding carboxylic acids is 1. The van der Waals surface area contributed by atoms with Gasteiger partial charge in [0.1, 0.15) is 27.0 Å². The molecular formula is C26H27FN4O6S3. The van der Waals surface area contributed by atoms with Gasteiger partial charge in [0.15, 0.2) is 5.84 Å². The van der Waals surface area contributed by atoms with Crippen molar-refractivity contribution in [2.75, 3.05) is 11.6 Å². The first kappa shape index (κ1) is 27.1. The number of nitrogens with zero attached hydrogens (tertiary/aromatic N) is 2. The van der Waals surface area contributed by atoms with Crippen LogP contribution in [0.2, 0.25) is 0 Å². The number of fused-ring (bicyclic) bond motifs is 3. The van der Waals surface area contributed by atoms with Crippen molar-refractivity contribution >= 4 is 48.1 Å². The number of thiophene rings is 1. The average molecular weight is 607 g/mol. The molecule has 10 nitrogen and oxygen atoms in total. The summed E-state index contributed by atoms with van der Waals surface area (Å²) >= 11 is 1.04. The van der Waals surface area contributed by atoms with E-state index in [1.165, 1.54) is 17.5 Å². The van der Waals surface area contributed by atoms with Gasteiger partial charge in [-0.05, 0) is 47.8 Å². The summed E-state index contributed by atoms with van der Waals surface area (Å²) in [5.41, 5.74) is 0.717. The fourth-order valence-corrected chi connectivity index (χ4v) is 9.21. The number of sulfonamides is 2. The fraction of sp³-hybridized carbons (Fsp3) is 0.385. The van der Waals surface area contributed by atoms with Crippen molar-refractivity contribution < 1.29 is 31.1 Å². The van der Waals surface area contributed by atoms with Crippen LogP contribution in [-0.2, 0) is 37.9 Å². The smallest absolute Gasteiger partial charge is 0.287 e. The van der Waals surface area contributed by atoms with Crippen LogP contribution in [0.4, 0.5) is 9.39 Å². The van der Waals surface area contributed by atoms with Gasteiger partial charge in [0.05, 0.1) is 6.26 Å². The number of amidine groups is 1. The van der Waals surface area contributed by atoms with Crippen LogP contribution in [0.15, 0.2) is 62.4 Å². The van der Waals surface area contributed by atoms with Crippen LogP contribution < -0.4 is 10.0 Å². The van der Waals surface area contributed by atoms with Crippen molar-refractivity contribution in [3.8, 4) is 0 Å². The van der Waals surface area contributed by atoms with Gasteiger partial charge in [-0.1, -0.05) is 30.7 Å². The van der Waals surface area contributed by atoms with E-state index >= 15 is 0 Å². The first-order chi connectivity index (χ1) is 18.9. The lowest BCUT2D eigenvalue weighted by Gasteiger charge is -2.47. The number of aliphatic hydroxyl groups excluding tert-OH is 1. The Morgan fingerprint density at radius 3 is 2.62 bits per heavy atom. The Morgan fingerprint density at radius 1 is 1.20 bits per heavy atom. The second kappa shape index (κ2) is 9.79. The lowest BCUT2D eigenvalue weighted by molar-refractivity contribution is -0.134. The number of carbonyl (C=O) groups is 1. The minimum Gasteiger partial charge on any atom is -0.511 e. The highest BCUT2D eigenvalue weighted by Gasteiger charge is 2.51. The van der Waals surface area contributed by atoms with E-state index < -0.39 is 37.7 Å². The standard InChI is InChI=1S/C26H27FN4O6S3/c1-39(34,35)28-11-17-13-38-25-23(17)40(36,37)30-24(29-25)20-22(32)19-15-3-2-4-16(8-7-15)21(19)31(26(20)33)12-14-5-9-18(27)10-6-14/h5-10,13,15-16,19,21,28,32H,2-4,11-12H2,1H3,(H,29,30). The average Bonchev–Trinajstić information content (AvgIpc) is 3.05. The van der Waals surface area contributed by atoms with Gasteiger partial charge >= 0.3 is 0 Å². The molecule has 4 unspecified atom stereocenters. The van der Waals surface area contributed by atoms with E-state index in [0.29, 0.717) is 5.56 Å². The van der Waals surface area contributed by atoms with E-state index in [1.807, 2.05) is 0 Å². The van der Waals surface area contributed by atoms with Crippen molar-refractivity contribution in [1.29, 1.82) is 0 Å². The fourth-order valence-electron chi connectivity index (χ4n) is 6.19. The molecule has 1 aromatic heterocycles. The zero-order valence-corrected chi connectivity index (χ0v) is 23.8. The molecule has 0 spiro atoms. The second-order valence-electron chi connectivity index (χ2n) is 10.5. The summed E-state index contributed by atoms with van der Waals surface area (Å²) in [7, 11) is -7.91. The highest BCUT2D eigenvalue weighted by Crippen LogP contribution is 2.48. The molecule has 2 aliphatic heterocycles. The predicted molar refractivity (Wildman–Crippen MR) is 148 cm³/mol. The monoisotopic (exact) mass is 606 g/mol. The molecule has 2 aromatic rings. The maximum Gasteiger partial charge on any atom is 0.287 e. The molecule has 2 bridgehead atoms. The van der Waals surface area contributed by atoms with Gasteiger partial charge in [-0.25, -0.2) is 17.5 Å². The lowest BCUT2D eigenvalue weighted by atomic mass is 9.71. The van der Waals surface area contributed by atoms with Crippen molar-refractivity contribution in [3.05, 3.63) is 70.1 Å².